The van der Waals surface area contributed by atoms with E-state index in [0.29, 0.717) is 5.88 Å². The van der Waals surface area contributed by atoms with Crippen molar-refractivity contribution < 1.29 is 8.42 Å². The van der Waals surface area contributed by atoms with Crippen LogP contribution in [0.25, 0.3) is 0 Å². The highest BCUT2D eigenvalue weighted by atomic mass is 35.5. The summed E-state index contributed by atoms with van der Waals surface area (Å²) in [5.74, 6) is 0.812. The molecule has 1 aliphatic carbocycles. The molecule has 0 spiro atoms. The van der Waals surface area contributed by atoms with Crippen LogP contribution in [0.3, 0.4) is 0 Å². The zero-order chi connectivity index (χ0) is 10.8. The molecule has 1 aliphatic rings. The second kappa shape index (κ2) is 4.79. The molecule has 0 heterocycles. The van der Waals surface area contributed by atoms with Crippen LogP contribution in [0.15, 0.2) is 0 Å². The molecule has 1 saturated carbocycles. The summed E-state index contributed by atoms with van der Waals surface area (Å²) in [6, 6.07) is 0.0138. The number of hydrogen-bond acceptors (Lipinski definition) is 2. The van der Waals surface area contributed by atoms with Crippen LogP contribution in [0.2, 0.25) is 0 Å². The van der Waals surface area contributed by atoms with Crippen LogP contribution in [0.4, 0.5) is 0 Å². The van der Waals surface area contributed by atoms with Crippen LogP contribution >= 0.6 is 11.6 Å². The van der Waals surface area contributed by atoms with Crippen LogP contribution in [-0.2, 0) is 10.2 Å². The Labute approximate surface area is 90.8 Å². The third-order valence-electron chi connectivity index (χ3n) is 2.64. The molecule has 0 radical (unpaired) electrons. The van der Waals surface area contributed by atoms with Gasteiger partial charge in [-0.25, -0.2) is 0 Å². The first-order chi connectivity index (χ1) is 6.47. The van der Waals surface area contributed by atoms with E-state index >= 15 is 0 Å². The number of nitrogens with one attached hydrogen (secondary N) is 1. The quantitative estimate of drug-likeness (QED) is 0.739. The van der Waals surface area contributed by atoms with Gasteiger partial charge in [0, 0.05) is 26.0 Å². The number of hydrogen-bond donors (Lipinski definition) is 1. The summed E-state index contributed by atoms with van der Waals surface area (Å²) >= 11 is 5.76. The van der Waals surface area contributed by atoms with Crippen LogP contribution in [0.5, 0.6) is 0 Å². The molecule has 0 amide bonds. The van der Waals surface area contributed by atoms with Gasteiger partial charge in [0.15, 0.2) is 0 Å². The van der Waals surface area contributed by atoms with Crippen molar-refractivity contribution in [1.82, 2.24) is 9.03 Å². The smallest absolute Gasteiger partial charge is 0.199 e. The van der Waals surface area contributed by atoms with Crippen molar-refractivity contribution >= 4 is 21.8 Å². The first kappa shape index (κ1) is 12.2. The summed E-state index contributed by atoms with van der Waals surface area (Å²) in [5.41, 5.74) is 0. The topological polar surface area (TPSA) is 49.4 Å². The highest BCUT2D eigenvalue weighted by molar-refractivity contribution is 7.87. The summed E-state index contributed by atoms with van der Waals surface area (Å²) in [5, 5.41) is 0. The molecule has 0 aromatic rings. The van der Waals surface area contributed by atoms with Crippen molar-refractivity contribution in [3.8, 4) is 0 Å². The second-order valence-electron chi connectivity index (χ2n) is 3.86. The lowest BCUT2D eigenvalue weighted by Crippen LogP contribution is -2.43. The molecule has 0 aromatic heterocycles. The number of alkyl halides is 1. The molecular formula is C8H17ClN2O2S. The van der Waals surface area contributed by atoms with E-state index in [0.717, 1.165) is 19.3 Å². The Morgan fingerprint density at radius 1 is 1.43 bits per heavy atom. The first-order valence-corrected chi connectivity index (χ1v) is 6.70. The van der Waals surface area contributed by atoms with Gasteiger partial charge in [0.25, 0.3) is 10.2 Å². The summed E-state index contributed by atoms with van der Waals surface area (Å²) in [6.07, 6.45) is 2.96. The maximum atomic E-state index is 11.5. The van der Waals surface area contributed by atoms with Crippen LogP contribution in [0, 0.1) is 5.92 Å². The summed E-state index contributed by atoms with van der Waals surface area (Å²) in [7, 11) is -0.258. The average molecular weight is 241 g/mol. The Balaban J connectivity index is 2.60. The zero-order valence-electron chi connectivity index (χ0n) is 8.53. The van der Waals surface area contributed by atoms with Gasteiger partial charge in [-0.15, -0.1) is 11.6 Å². The van der Waals surface area contributed by atoms with Gasteiger partial charge in [0.2, 0.25) is 0 Å². The van der Waals surface area contributed by atoms with Crippen molar-refractivity contribution in [2.75, 3.05) is 20.0 Å². The summed E-state index contributed by atoms with van der Waals surface area (Å²) in [6.45, 7) is 0. The van der Waals surface area contributed by atoms with Crippen molar-refractivity contribution in [1.29, 1.82) is 0 Å². The largest absolute Gasteiger partial charge is 0.279 e. The standard InChI is InChI=1S/C8H17ClN2O2S/c1-11(2)14(12,13)10-8-5-3-4-7(8)6-9/h7-8,10H,3-6H2,1-2H3. The van der Waals surface area contributed by atoms with Gasteiger partial charge in [-0.2, -0.15) is 17.4 Å². The van der Waals surface area contributed by atoms with Crippen molar-refractivity contribution in [3.63, 3.8) is 0 Å². The minimum atomic E-state index is -3.30. The van der Waals surface area contributed by atoms with Gasteiger partial charge in [-0.05, 0) is 18.8 Å². The van der Waals surface area contributed by atoms with E-state index < -0.39 is 10.2 Å². The Hall–Kier alpha value is 0.160. The Bertz CT molecular complexity index is 279. The van der Waals surface area contributed by atoms with Crippen LogP contribution in [-0.4, -0.2) is 38.7 Å². The highest BCUT2D eigenvalue weighted by Gasteiger charge is 2.30. The third-order valence-corrected chi connectivity index (χ3v) is 4.60. The number of nitrogens with zero attached hydrogens (tertiary/aromatic N) is 1. The van der Waals surface area contributed by atoms with Gasteiger partial charge in [-0.3, -0.25) is 0 Å². The molecule has 0 bridgehead atoms. The second-order valence-corrected chi connectivity index (χ2v) is 6.08. The lowest BCUT2D eigenvalue weighted by molar-refractivity contribution is 0.449. The molecule has 6 heteroatoms. The van der Waals surface area contributed by atoms with E-state index in [4.69, 9.17) is 11.6 Å². The molecule has 0 aliphatic heterocycles. The molecule has 4 nitrogen and oxygen atoms in total. The fourth-order valence-corrected chi connectivity index (χ4v) is 2.95. The number of halogens is 1. The van der Waals surface area contributed by atoms with E-state index in [9.17, 15) is 8.42 Å². The van der Waals surface area contributed by atoms with Crippen molar-refractivity contribution in [2.45, 2.75) is 25.3 Å². The fraction of sp³-hybridized carbons (Fsp3) is 1.00. The molecule has 84 valence electrons. The Morgan fingerprint density at radius 2 is 2.07 bits per heavy atom. The average Bonchev–Trinajstić information content (AvgIpc) is 2.50. The van der Waals surface area contributed by atoms with E-state index in [-0.39, 0.29) is 12.0 Å². The summed E-state index contributed by atoms with van der Waals surface area (Å²) in [4.78, 5) is 0. The molecule has 1 rings (SSSR count). The molecular weight excluding hydrogens is 224 g/mol. The molecule has 1 fully saturated rings. The minimum Gasteiger partial charge on any atom is -0.199 e. The zero-order valence-corrected chi connectivity index (χ0v) is 10.1. The van der Waals surface area contributed by atoms with E-state index in [1.165, 1.54) is 18.4 Å². The molecule has 2 unspecified atom stereocenters. The number of rotatable bonds is 4. The van der Waals surface area contributed by atoms with Gasteiger partial charge < -0.3 is 0 Å². The summed E-state index contributed by atoms with van der Waals surface area (Å²) < 4.78 is 26.9. The highest BCUT2D eigenvalue weighted by Crippen LogP contribution is 2.27. The molecule has 2 atom stereocenters. The van der Waals surface area contributed by atoms with Gasteiger partial charge in [-0.1, -0.05) is 6.42 Å². The molecule has 0 saturated heterocycles. The fourth-order valence-electron chi connectivity index (χ4n) is 1.67. The minimum absolute atomic E-state index is 0.0138. The maximum absolute atomic E-state index is 11.5. The lowest BCUT2D eigenvalue weighted by atomic mass is 10.1. The monoisotopic (exact) mass is 240 g/mol. The van der Waals surface area contributed by atoms with Gasteiger partial charge in [0.05, 0.1) is 0 Å². The van der Waals surface area contributed by atoms with Crippen LogP contribution < -0.4 is 4.72 Å². The van der Waals surface area contributed by atoms with Gasteiger partial charge >= 0.3 is 0 Å². The van der Waals surface area contributed by atoms with E-state index in [1.54, 1.807) is 0 Å². The lowest BCUT2D eigenvalue weighted by Gasteiger charge is -2.21. The Morgan fingerprint density at radius 3 is 2.57 bits per heavy atom. The predicted octanol–water partition coefficient (Wildman–Crippen LogP) is 0.790. The molecule has 14 heavy (non-hydrogen) atoms. The SMILES string of the molecule is CN(C)S(=O)(=O)NC1CCCC1CCl. The maximum Gasteiger partial charge on any atom is 0.279 e. The first-order valence-electron chi connectivity index (χ1n) is 4.73. The van der Waals surface area contributed by atoms with Crippen molar-refractivity contribution in [2.24, 2.45) is 5.92 Å². The molecule has 1 N–H and O–H groups in total. The molecule has 0 aromatic carbocycles. The van der Waals surface area contributed by atoms with Gasteiger partial charge in [0.1, 0.15) is 0 Å². The van der Waals surface area contributed by atoms with E-state index in [1.807, 2.05) is 0 Å². The predicted molar refractivity (Wildman–Crippen MR) is 57.6 cm³/mol. The normalized spacial score (nSPS) is 28.6. The Kier molecular flexibility index (Phi) is 4.18. The third kappa shape index (κ3) is 2.82. The van der Waals surface area contributed by atoms with Crippen LogP contribution in [0.1, 0.15) is 19.3 Å². The van der Waals surface area contributed by atoms with E-state index in [2.05, 4.69) is 4.72 Å². The van der Waals surface area contributed by atoms with Crippen molar-refractivity contribution in [3.05, 3.63) is 0 Å².